The number of fused-ring (bicyclic) bond motifs is 2. The van der Waals surface area contributed by atoms with E-state index in [4.69, 9.17) is 4.74 Å². The van der Waals surface area contributed by atoms with Crippen LogP contribution in [0.5, 0.6) is 0 Å². The van der Waals surface area contributed by atoms with E-state index in [0.717, 1.165) is 32.3 Å². The average molecular weight is 178 g/mol. The number of hydrogen-bond donors (Lipinski definition) is 0. The number of rotatable bonds is 0. The molecule has 0 unspecified atom stereocenters. The number of hydrogen-bond acceptors (Lipinski definition) is 2. The normalized spacial score (nSPS) is 47.8. The van der Waals surface area contributed by atoms with Gasteiger partial charge < -0.3 is 4.74 Å². The first kappa shape index (κ1) is 7.74. The Morgan fingerprint density at radius 1 is 1.54 bits per heavy atom. The maximum atomic E-state index is 11.9. The molecule has 1 heterocycles. The second-order valence-corrected chi connectivity index (χ2v) is 4.34. The van der Waals surface area contributed by atoms with Gasteiger partial charge in [-0.3, -0.25) is 4.79 Å². The third-order valence-corrected chi connectivity index (χ3v) is 3.77. The lowest BCUT2D eigenvalue weighted by molar-refractivity contribution is -0.174. The van der Waals surface area contributed by atoms with Gasteiger partial charge in [-0.1, -0.05) is 12.2 Å². The van der Waals surface area contributed by atoms with E-state index in [9.17, 15) is 4.79 Å². The number of allylic oxidation sites excluding steroid dienone is 1. The summed E-state index contributed by atoms with van der Waals surface area (Å²) in [5.74, 6) is 1.10. The highest BCUT2D eigenvalue weighted by Crippen LogP contribution is 2.52. The maximum Gasteiger partial charge on any atom is 0.169 e. The smallest absolute Gasteiger partial charge is 0.169 e. The lowest BCUT2D eigenvalue weighted by Crippen LogP contribution is -2.62. The summed E-state index contributed by atoms with van der Waals surface area (Å²) in [6, 6.07) is 0. The lowest BCUT2D eigenvalue weighted by atomic mass is 9.56. The van der Waals surface area contributed by atoms with Crippen molar-refractivity contribution in [2.24, 2.45) is 11.8 Å². The Bertz CT molecular complexity index is 274. The zero-order chi connectivity index (χ0) is 8.89. The molecule has 3 atom stereocenters. The van der Waals surface area contributed by atoms with Gasteiger partial charge in [0.15, 0.2) is 5.78 Å². The van der Waals surface area contributed by atoms with Crippen molar-refractivity contribution in [1.29, 1.82) is 0 Å². The summed E-state index contributed by atoms with van der Waals surface area (Å²) in [5, 5.41) is 0. The minimum absolute atomic E-state index is 0.295. The standard InChI is InChI=1S/C11H14O2/c12-10-8-4-1-2-5-9(8)11(10)6-3-7-13-11/h2,5,8-9H,1,3-4,6-7H2/t8-,9+,11+/m1/s1. The molecule has 1 saturated heterocycles. The van der Waals surface area contributed by atoms with Gasteiger partial charge in [0, 0.05) is 18.4 Å². The van der Waals surface area contributed by atoms with Crippen molar-refractivity contribution in [1.82, 2.24) is 0 Å². The van der Waals surface area contributed by atoms with Gasteiger partial charge in [-0.2, -0.15) is 0 Å². The van der Waals surface area contributed by atoms with Crippen LogP contribution in [0, 0.1) is 11.8 Å². The molecule has 0 bridgehead atoms. The van der Waals surface area contributed by atoms with Gasteiger partial charge in [-0.15, -0.1) is 0 Å². The molecule has 2 fully saturated rings. The molecule has 0 radical (unpaired) electrons. The van der Waals surface area contributed by atoms with E-state index in [1.165, 1.54) is 0 Å². The Morgan fingerprint density at radius 3 is 3.23 bits per heavy atom. The van der Waals surface area contributed by atoms with Gasteiger partial charge in [0.25, 0.3) is 0 Å². The van der Waals surface area contributed by atoms with Gasteiger partial charge in [0.05, 0.1) is 0 Å². The summed E-state index contributed by atoms with van der Waals surface area (Å²) >= 11 is 0. The van der Waals surface area contributed by atoms with Crippen LogP contribution in [0.15, 0.2) is 12.2 Å². The second kappa shape index (κ2) is 2.44. The van der Waals surface area contributed by atoms with Crippen molar-refractivity contribution in [2.45, 2.75) is 31.3 Å². The predicted octanol–water partition coefficient (Wildman–Crippen LogP) is 1.70. The molecule has 0 amide bonds. The van der Waals surface area contributed by atoms with Crippen molar-refractivity contribution < 1.29 is 9.53 Å². The molecule has 0 aromatic heterocycles. The van der Waals surface area contributed by atoms with Gasteiger partial charge in [0.1, 0.15) is 5.60 Å². The summed E-state index contributed by atoms with van der Waals surface area (Å²) < 4.78 is 5.66. The van der Waals surface area contributed by atoms with E-state index in [0.29, 0.717) is 17.6 Å². The van der Waals surface area contributed by atoms with E-state index in [1.54, 1.807) is 0 Å². The molecule has 3 rings (SSSR count). The third kappa shape index (κ3) is 0.798. The Kier molecular flexibility index (Phi) is 1.46. The first-order valence-corrected chi connectivity index (χ1v) is 5.19. The Labute approximate surface area is 78.0 Å². The van der Waals surface area contributed by atoms with Crippen LogP contribution in [0.1, 0.15) is 25.7 Å². The third-order valence-electron chi connectivity index (χ3n) is 3.77. The molecule has 1 aliphatic heterocycles. The monoisotopic (exact) mass is 178 g/mol. The summed E-state index contributed by atoms with van der Waals surface area (Å²) in [6.45, 7) is 0.781. The van der Waals surface area contributed by atoms with Crippen molar-refractivity contribution >= 4 is 5.78 Å². The molecule has 2 nitrogen and oxygen atoms in total. The number of ether oxygens (including phenoxy) is 1. The topological polar surface area (TPSA) is 26.3 Å². The van der Waals surface area contributed by atoms with Crippen LogP contribution in [-0.2, 0) is 9.53 Å². The van der Waals surface area contributed by atoms with Gasteiger partial charge in [-0.25, -0.2) is 0 Å². The molecular formula is C11H14O2. The molecule has 1 spiro atoms. The number of carbonyl (C=O) groups is 1. The van der Waals surface area contributed by atoms with Gasteiger partial charge in [-0.05, 0) is 25.7 Å². The quantitative estimate of drug-likeness (QED) is 0.528. The van der Waals surface area contributed by atoms with E-state index >= 15 is 0 Å². The van der Waals surface area contributed by atoms with E-state index in [-0.39, 0.29) is 5.60 Å². The van der Waals surface area contributed by atoms with E-state index in [2.05, 4.69) is 12.2 Å². The zero-order valence-electron chi connectivity index (χ0n) is 7.66. The van der Waals surface area contributed by atoms with Crippen LogP contribution in [0.3, 0.4) is 0 Å². The number of carbonyl (C=O) groups excluding carboxylic acids is 1. The van der Waals surface area contributed by atoms with E-state index in [1.807, 2.05) is 0 Å². The van der Waals surface area contributed by atoms with Crippen LogP contribution >= 0.6 is 0 Å². The molecule has 0 aromatic rings. The molecule has 0 aromatic carbocycles. The minimum Gasteiger partial charge on any atom is -0.367 e. The second-order valence-electron chi connectivity index (χ2n) is 4.34. The summed E-state index contributed by atoms with van der Waals surface area (Å²) in [5.41, 5.74) is -0.360. The van der Waals surface area contributed by atoms with Crippen molar-refractivity contribution in [3.8, 4) is 0 Å². The molecule has 1 saturated carbocycles. The fraction of sp³-hybridized carbons (Fsp3) is 0.727. The molecular weight excluding hydrogens is 164 g/mol. The molecule has 0 N–H and O–H groups in total. The Hall–Kier alpha value is -0.630. The first-order valence-electron chi connectivity index (χ1n) is 5.19. The van der Waals surface area contributed by atoms with Gasteiger partial charge in [0.2, 0.25) is 0 Å². The van der Waals surface area contributed by atoms with Crippen LogP contribution in [0.4, 0.5) is 0 Å². The first-order chi connectivity index (χ1) is 6.34. The molecule has 3 aliphatic rings. The molecule has 13 heavy (non-hydrogen) atoms. The van der Waals surface area contributed by atoms with E-state index < -0.39 is 0 Å². The fourth-order valence-electron chi connectivity index (χ4n) is 3.11. The maximum absolute atomic E-state index is 11.9. The molecule has 2 heteroatoms. The van der Waals surface area contributed by atoms with Crippen LogP contribution in [0.25, 0.3) is 0 Å². The largest absolute Gasteiger partial charge is 0.367 e. The fourth-order valence-corrected chi connectivity index (χ4v) is 3.11. The van der Waals surface area contributed by atoms with Crippen molar-refractivity contribution in [2.75, 3.05) is 6.61 Å². The highest BCUT2D eigenvalue weighted by Gasteiger charge is 2.62. The molecule has 70 valence electrons. The molecule has 2 aliphatic carbocycles. The summed E-state index contributed by atoms with van der Waals surface area (Å²) in [6.07, 6.45) is 8.55. The van der Waals surface area contributed by atoms with Crippen molar-refractivity contribution in [3.05, 3.63) is 12.2 Å². The minimum atomic E-state index is -0.360. The average Bonchev–Trinajstić information content (AvgIpc) is 2.68. The number of ketones is 1. The van der Waals surface area contributed by atoms with Crippen LogP contribution < -0.4 is 0 Å². The Balaban J connectivity index is 1.93. The predicted molar refractivity (Wildman–Crippen MR) is 48.3 cm³/mol. The SMILES string of the molecule is O=C1[C@@H]2CCC=C[C@@H]2[C@@]12CCCO2. The summed E-state index contributed by atoms with van der Waals surface area (Å²) in [4.78, 5) is 11.9. The van der Waals surface area contributed by atoms with Crippen LogP contribution in [-0.4, -0.2) is 18.0 Å². The summed E-state index contributed by atoms with van der Waals surface area (Å²) in [7, 11) is 0. The Morgan fingerprint density at radius 2 is 2.46 bits per heavy atom. The zero-order valence-corrected chi connectivity index (χ0v) is 7.66. The lowest BCUT2D eigenvalue weighted by Gasteiger charge is -2.50. The highest BCUT2D eigenvalue weighted by molar-refractivity contribution is 5.97. The number of Topliss-reactive ketones (excluding diaryl/α,β-unsaturated/α-hetero) is 1. The van der Waals surface area contributed by atoms with Gasteiger partial charge >= 0.3 is 0 Å². The highest BCUT2D eigenvalue weighted by atomic mass is 16.5. The van der Waals surface area contributed by atoms with Crippen LogP contribution in [0.2, 0.25) is 0 Å². The van der Waals surface area contributed by atoms with Crippen molar-refractivity contribution in [3.63, 3.8) is 0 Å².